The van der Waals surface area contributed by atoms with Gasteiger partial charge in [-0.1, -0.05) is 67.6 Å². The molecule has 5 aliphatic heterocycles. The Balaban J connectivity index is 0.821. The summed E-state index contributed by atoms with van der Waals surface area (Å²) in [5.74, 6) is 3.29. The zero-order valence-electron chi connectivity index (χ0n) is 38.6. The predicted octanol–water partition coefficient (Wildman–Crippen LogP) is 8.03. The van der Waals surface area contributed by atoms with E-state index in [1.807, 2.05) is 82.9 Å². The Morgan fingerprint density at radius 1 is 0.761 bits per heavy atom. The van der Waals surface area contributed by atoms with Gasteiger partial charge in [0, 0.05) is 86.9 Å². The van der Waals surface area contributed by atoms with Gasteiger partial charge >= 0.3 is 0 Å². The van der Waals surface area contributed by atoms with Crippen molar-refractivity contribution >= 4 is 11.8 Å². The number of hydrogen-bond donors (Lipinski definition) is 2. The first-order valence-electron chi connectivity index (χ1n) is 23.7. The molecule has 6 aromatic rings. The number of imidazole rings is 2. The Morgan fingerprint density at radius 2 is 1.31 bits per heavy atom. The molecule has 4 aromatic carbocycles. The molecule has 0 bridgehead atoms. The van der Waals surface area contributed by atoms with E-state index in [9.17, 15) is 9.59 Å². The van der Waals surface area contributed by atoms with E-state index in [-0.39, 0.29) is 42.1 Å². The van der Waals surface area contributed by atoms with Crippen molar-refractivity contribution < 1.29 is 28.5 Å². The maximum absolute atomic E-state index is 14.6. The van der Waals surface area contributed by atoms with Gasteiger partial charge in [0.15, 0.2) is 0 Å². The molecular weight excluding hydrogens is 845 g/mol. The first kappa shape index (κ1) is 43.3. The fraction of sp³-hybridized carbons (Fsp3) is 0.396. The molecule has 0 saturated carbocycles. The number of hydrogen-bond acceptors (Lipinski definition) is 10. The molecule has 11 rings (SSSR count). The van der Waals surface area contributed by atoms with E-state index in [2.05, 4.69) is 57.9 Å². The van der Waals surface area contributed by atoms with Crippen LogP contribution in [0.25, 0.3) is 33.6 Å². The summed E-state index contributed by atoms with van der Waals surface area (Å²) in [5, 5.41) is 0. The lowest BCUT2D eigenvalue weighted by atomic mass is 9.87. The molecule has 4 atom stereocenters. The Hall–Kier alpha value is -6.32. The standard InChI is InChI=1S/C53H58N8O6/c1-5-18-60(52(62)48(33-13-8-6-9-14-33)58-26-39(27-58)64-3)32(2)50-54-24-41(56-50)35-20-37-30-67-45-23-36(21-38-31-66-44(22-35)46(37)47(38)45)42-25-55-51(57-42)43-17-12-19-61(43)53(63)49(34-15-10-7-11-16-34)59-28-40(29-59)65-4/h6-11,13-16,20-25,32,39-40,43,48-49H,5,12,17-19,26-31H2,1-4H3,(H,54,56)(H,55,57). The molecule has 0 spiro atoms. The predicted molar refractivity (Wildman–Crippen MR) is 253 cm³/mol. The monoisotopic (exact) mass is 902 g/mol. The zero-order chi connectivity index (χ0) is 45.8. The van der Waals surface area contributed by atoms with E-state index in [1.165, 1.54) is 0 Å². The molecule has 14 heteroatoms. The van der Waals surface area contributed by atoms with Gasteiger partial charge in [-0.2, -0.15) is 0 Å². The minimum absolute atomic E-state index is 0.0613. The van der Waals surface area contributed by atoms with Crippen molar-refractivity contribution in [3.63, 3.8) is 0 Å². The zero-order valence-corrected chi connectivity index (χ0v) is 38.6. The summed E-state index contributed by atoms with van der Waals surface area (Å²) in [6.45, 7) is 9.08. The van der Waals surface area contributed by atoms with Crippen LogP contribution in [0.15, 0.2) is 97.3 Å². The number of ether oxygens (including phenoxy) is 4. The number of H-pyrrole nitrogens is 2. The van der Waals surface area contributed by atoms with Crippen LogP contribution in [0, 0.1) is 0 Å². The van der Waals surface area contributed by atoms with Gasteiger partial charge in [0.2, 0.25) is 11.8 Å². The maximum Gasteiger partial charge on any atom is 0.245 e. The van der Waals surface area contributed by atoms with Crippen molar-refractivity contribution in [2.75, 3.05) is 53.5 Å². The normalized spacial score (nSPS) is 19.4. The summed E-state index contributed by atoms with van der Waals surface area (Å²) in [5.41, 5.74) is 9.78. The maximum atomic E-state index is 14.6. The number of likely N-dealkylation sites (tertiary alicyclic amines) is 3. The van der Waals surface area contributed by atoms with Gasteiger partial charge in [-0.25, -0.2) is 9.97 Å². The highest BCUT2D eigenvalue weighted by Crippen LogP contribution is 2.51. The van der Waals surface area contributed by atoms with E-state index in [0.29, 0.717) is 39.4 Å². The second-order valence-corrected chi connectivity index (χ2v) is 18.6. The molecular formula is C53H58N8O6. The van der Waals surface area contributed by atoms with Gasteiger partial charge < -0.3 is 38.7 Å². The molecule has 2 N–H and O–H groups in total. The molecule has 4 unspecified atom stereocenters. The van der Waals surface area contributed by atoms with Crippen LogP contribution in [0.3, 0.4) is 0 Å². The van der Waals surface area contributed by atoms with Crippen LogP contribution in [0.5, 0.6) is 11.5 Å². The van der Waals surface area contributed by atoms with Gasteiger partial charge in [-0.15, -0.1) is 0 Å². The highest BCUT2D eigenvalue weighted by Gasteiger charge is 2.43. The Morgan fingerprint density at radius 3 is 1.90 bits per heavy atom. The van der Waals surface area contributed by atoms with Crippen LogP contribution in [-0.4, -0.2) is 117 Å². The molecule has 67 heavy (non-hydrogen) atoms. The molecule has 0 radical (unpaired) electrons. The van der Waals surface area contributed by atoms with Crippen molar-refractivity contribution in [3.05, 3.63) is 131 Å². The van der Waals surface area contributed by atoms with Crippen LogP contribution >= 0.6 is 0 Å². The van der Waals surface area contributed by atoms with Gasteiger partial charge in [-0.05, 0) is 61.6 Å². The molecule has 3 fully saturated rings. The van der Waals surface area contributed by atoms with Crippen LogP contribution in [-0.2, 0) is 32.3 Å². The molecule has 0 aliphatic carbocycles. The molecule has 7 heterocycles. The quantitative estimate of drug-likeness (QED) is 0.104. The fourth-order valence-electron chi connectivity index (χ4n) is 10.8. The number of nitrogens with one attached hydrogen (secondary N) is 2. The number of carbonyl (C=O) groups excluding carboxylic acids is 2. The summed E-state index contributed by atoms with van der Waals surface area (Å²) < 4.78 is 24.2. The Bertz CT molecular complexity index is 2710. The van der Waals surface area contributed by atoms with Crippen LogP contribution in [0.1, 0.15) is 91.2 Å². The minimum atomic E-state index is -0.401. The SMILES string of the molecule is CCCN(C(=O)C(c1ccccc1)N1CC(OC)C1)C(C)c1ncc(-c2cc3c4c(c2)OCc2cc(-c5cnc(C6CCCN6C(=O)C(c6ccccc6)N6CC(OC)C6)[nH]5)cc(c2-4)OC3)[nH]1. The highest BCUT2D eigenvalue weighted by atomic mass is 16.5. The summed E-state index contributed by atoms with van der Waals surface area (Å²) in [6, 6.07) is 27.4. The van der Waals surface area contributed by atoms with Crippen molar-refractivity contribution in [2.24, 2.45) is 0 Å². The number of carbonyl (C=O) groups is 2. The van der Waals surface area contributed by atoms with Gasteiger partial charge in [-0.3, -0.25) is 19.4 Å². The summed E-state index contributed by atoms with van der Waals surface area (Å²) in [7, 11) is 3.46. The smallest absolute Gasteiger partial charge is 0.245 e. The van der Waals surface area contributed by atoms with Crippen LogP contribution in [0.4, 0.5) is 0 Å². The van der Waals surface area contributed by atoms with Gasteiger partial charge in [0.1, 0.15) is 48.4 Å². The average Bonchev–Trinajstić information content (AvgIpc) is 4.14. The van der Waals surface area contributed by atoms with E-state index in [0.717, 1.165) is 111 Å². The Labute approximate surface area is 391 Å². The highest BCUT2D eigenvalue weighted by molar-refractivity contribution is 5.89. The third kappa shape index (κ3) is 7.89. The minimum Gasteiger partial charge on any atom is -0.488 e. The number of rotatable bonds is 15. The largest absolute Gasteiger partial charge is 0.488 e. The number of nitrogens with zero attached hydrogens (tertiary/aromatic N) is 6. The van der Waals surface area contributed by atoms with Crippen molar-refractivity contribution in [2.45, 2.75) is 82.7 Å². The second kappa shape index (κ2) is 18.1. The van der Waals surface area contributed by atoms with E-state index >= 15 is 0 Å². The molecule has 3 saturated heterocycles. The molecule has 2 amide bonds. The fourth-order valence-corrected chi connectivity index (χ4v) is 10.8. The summed E-state index contributed by atoms with van der Waals surface area (Å²) >= 11 is 0. The van der Waals surface area contributed by atoms with Crippen molar-refractivity contribution in [1.29, 1.82) is 0 Å². The number of amides is 2. The number of aromatic amines is 2. The first-order chi connectivity index (χ1) is 32.8. The number of methoxy groups -OCH3 is 2. The third-order valence-corrected chi connectivity index (χ3v) is 14.5. The molecule has 2 aromatic heterocycles. The van der Waals surface area contributed by atoms with Gasteiger partial charge in [0.05, 0.1) is 48.1 Å². The summed E-state index contributed by atoms with van der Waals surface area (Å²) in [4.78, 5) is 54.3. The average molecular weight is 903 g/mol. The molecule has 346 valence electrons. The summed E-state index contributed by atoms with van der Waals surface area (Å²) in [6.07, 6.45) is 6.57. The van der Waals surface area contributed by atoms with E-state index < -0.39 is 6.04 Å². The first-order valence-corrected chi connectivity index (χ1v) is 23.7. The van der Waals surface area contributed by atoms with Crippen molar-refractivity contribution in [1.82, 2.24) is 39.5 Å². The lowest BCUT2D eigenvalue weighted by molar-refractivity contribution is -0.146. The number of aromatic nitrogens is 4. The number of benzene rings is 4. The lowest BCUT2D eigenvalue weighted by Crippen LogP contribution is -2.57. The van der Waals surface area contributed by atoms with Gasteiger partial charge in [0.25, 0.3) is 0 Å². The lowest BCUT2D eigenvalue weighted by Gasteiger charge is -2.44. The molecule has 14 nitrogen and oxygen atoms in total. The second-order valence-electron chi connectivity index (χ2n) is 18.6. The van der Waals surface area contributed by atoms with E-state index in [4.69, 9.17) is 28.9 Å². The van der Waals surface area contributed by atoms with Crippen molar-refractivity contribution in [3.8, 4) is 45.1 Å². The molecule has 5 aliphatic rings. The Kier molecular flexibility index (Phi) is 11.7. The third-order valence-electron chi connectivity index (χ3n) is 14.5. The van der Waals surface area contributed by atoms with E-state index in [1.54, 1.807) is 14.2 Å². The van der Waals surface area contributed by atoms with Crippen LogP contribution in [0.2, 0.25) is 0 Å². The van der Waals surface area contributed by atoms with Crippen LogP contribution < -0.4 is 9.47 Å². The topological polar surface area (TPSA) is 141 Å².